The highest BCUT2D eigenvalue weighted by molar-refractivity contribution is 5.76. The number of alkyl halides is 3. The van der Waals surface area contributed by atoms with Crippen LogP contribution in [0.15, 0.2) is 0 Å². The van der Waals surface area contributed by atoms with Crippen LogP contribution in [0.3, 0.4) is 0 Å². The average molecular weight is 279 g/mol. The molecule has 19 heavy (non-hydrogen) atoms. The van der Waals surface area contributed by atoms with Crippen LogP contribution in [-0.4, -0.2) is 67.2 Å². The van der Waals surface area contributed by atoms with E-state index in [9.17, 15) is 18.0 Å². The number of amides is 1. The fourth-order valence-electron chi connectivity index (χ4n) is 2.69. The highest BCUT2D eigenvalue weighted by atomic mass is 19.4. The summed E-state index contributed by atoms with van der Waals surface area (Å²) in [6.45, 7) is 4.63. The van der Waals surface area contributed by atoms with Crippen molar-refractivity contribution in [3.05, 3.63) is 0 Å². The second-order valence-corrected chi connectivity index (χ2v) is 5.18. The van der Waals surface area contributed by atoms with Crippen molar-refractivity contribution in [2.75, 3.05) is 39.3 Å². The number of hydrogen-bond acceptors (Lipinski definition) is 3. The van der Waals surface area contributed by atoms with E-state index in [1.54, 1.807) is 4.90 Å². The van der Waals surface area contributed by atoms with Crippen LogP contribution in [-0.2, 0) is 4.79 Å². The van der Waals surface area contributed by atoms with Crippen LogP contribution in [0.25, 0.3) is 0 Å². The number of nitrogens with one attached hydrogen (secondary N) is 1. The van der Waals surface area contributed by atoms with Crippen molar-refractivity contribution < 1.29 is 18.0 Å². The van der Waals surface area contributed by atoms with E-state index < -0.39 is 19.0 Å². The van der Waals surface area contributed by atoms with E-state index in [1.165, 1.54) is 0 Å². The molecule has 7 heteroatoms. The normalized spacial score (nSPS) is 25.8. The number of nitrogens with zero attached hydrogens (tertiary/aromatic N) is 2. The standard InChI is InChI=1S/C12H20F3N3O/c13-12(14,15)3-1-11(19)18-7-5-17(6-8-18)10-2-4-16-9-10/h10,16H,1-9H2. The summed E-state index contributed by atoms with van der Waals surface area (Å²) < 4.78 is 36.2. The monoisotopic (exact) mass is 279 g/mol. The van der Waals surface area contributed by atoms with Gasteiger partial charge in [0.2, 0.25) is 5.91 Å². The molecule has 0 bridgehead atoms. The van der Waals surface area contributed by atoms with Gasteiger partial charge in [0.15, 0.2) is 0 Å². The smallest absolute Gasteiger partial charge is 0.340 e. The van der Waals surface area contributed by atoms with Crippen molar-refractivity contribution in [2.45, 2.75) is 31.5 Å². The van der Waals surface area contributed by atoms with E-state index in [2.05, 4.69) is 10.2 Å². The molecule has 2 rings (SSSR count). The van der Waals surface area contributed by atoms with Gasteiger partial charge in [-0.3, -0.25) is 9.69 Å². The molecule has 4 nitrogen and oxygen atoms in total. The summed E-state index contributed by atoms with van der Waals surface area (Å²) in [7, 11) is 0. The highest BCUT2D eigenvalue weighted by Crippen LogP contribution is 2.22. The summed E-state index contributed by atoms with van der Waals surface area (Å²) in [6, 6.07) is 0.521. The van der Waals surface area contributed by atoms with E-state index in [-0.39, 0.29) is 5.91 Å². The van der Waals surface area contributed by atoms with Crippen molar-refractivity contribution in [1.82, 2.24) is 15.1 Å². The van der Waals surface area contributed by atoms with Crippen molar-refractivity contribution in [2.24, 2.45) is 0 Å². The maximum absolute atomic E-state index is 12.1. The largest absolute Gasteiger partial charge is 0.389 e. The Morgan fingerprint density at radius 1 is 1.21 bits per heavy atom. The fraction of sp³-hybridized carbons (Fsp3) is 0.917. The Labute approximate surface area is 110 Å². The van der Waals surface area contributed by atoms with E-state index in [0.717, 1.165) is 32.6 Å². The molecular weight excluding hydrogens is 259 g/mol. The Balaban J connectivity index is 1.71. The SMILES string of the molecule is O=C(CCC(F)(F)F)N1CCN(C2CCNC2)CC1. The predicted molar refractivity (Wildman–Crippen MR) is 64.7 cm³/mol. The Morgan fingerprint density at radius 3 is 2.42 bits per heavy atom. The minimum absolute atomic E-state index is 0.374. The second-order valence-electron chi connectivity index (χ2n) is 5.18. The van der Waals surface area contributed by atoms with Crippen LogP contribution in [0.1, 0.15) is 19.3 Å². The Morgan fingerprint density at radius 2 is 1.89 bits per heavy atom. The van der Waals surface area contributed by atoms with E-state index in [4.69, 9.17) is 0 Å². The average Bonchev–Trinajstić information content (AvgIpc) is 2.89. The molecule has 0 aromatic heterocycles. The minimum Gasteiger partial charge on any atom is -0.340 e. The molecule has 2 saturated heterocycles. The molecular formula is C12H20F3N3O. The van der Waals surface area contributed by atoms with Gasteiger partial charge in [-0.25, -0.2) is 0 Å². The van der Waals surface area contributed by atoms with Crippen LogP contribution in [0.4, 0.5) is 13.2 Å². The first kappa shape index (κ1) is 14.6. The van der Waals surface area contributed by atoms with Crippen molar-refractivity contribution >= 4 is 5.91 Å². The highest BCUT2D eigenvalue weighted by Gasteiger charge is 2.31. The first-order chi connectivity index (χ1) is 8.96. The van der Waals surface area contributed by atoms with Gasteiger partial charge >= 0.3 is 6.18 Å². The summed E-state index contributed by atoms with van der Waals surface area (Å²) in [5.41, 5.74) is 0. The Kier molecular flexibility index (Phi) is 4.67. The van der Waals surface area contributed by atoms with Crippen LogP contribution < -0.4 is 5.32 Å². The topological polar surface area (TPSA) is 35.6 Å². The summed E-state index contributed by atoms with van der Waals surface area (Å²) in [5.74, 6) is -0.374. The molecule has 1 atom stereocenters. The van der Waals surface area contributed by atoms with Gasteiger partial charge in [-0.05, 0) is 13.0 Å². The lowest BCUT2D eigenvalue weighted by Gasteiger charge is -2.37. The van der Waals surface area contributed by atoms with Gasteiger partial charge in [0.25, 0.3) is 0 Å². The zero-order valence-electron chi connectivity index (χ0n) is 10.9. The third-order valence-electron chi connectivity index (χ3n) is 3.84. The molecule has 0 spiro atoms. The predicted octanol–water partition coefficient (Wildman–Crippen LogP) is 0.835. The summed E-state index contributed by atoms with van der Waals surface area (Å²) >= 11 is 0. The third-order valence-corrected chi connectivity index (χ3v) is 3.84. The molecule has 1 N–H and O–H groups in total. The Bertz CT molecular complexity index is 308. The van der Waals surface area contributed by atoms with Gasteiger partial charge in [0.05, 0.1) is 6.42 Å². The number of carbonyl (C=O) groups excluding carboxylic acids is 1. The molecule has 2 heterocycles. The number of halogens is 3. The quantitative estimate of drug-likeness (QED) is 0.831. The molecule has 2 fully saturated rings. The fourth-order valence-corrected chi connectivity index (χ4v) is 2.69. The summed E-state index contributed by atoms with van der Waals surface area (Å²) in [5, 5.41) is 3.29. The first-order valence-corrected chi connectivity index (χ1v) is 6.75. The number of carbonyl (C=O) groups is 1. The van der Waals surface area contributed by atoms with Crippen LogP contribution >= 0.6 is 0 Å². The van der Waals surface area contributed by atoms with Gasteiger partial charge in [-0.15, -0.1) is 0 Å². The minimum atomic E-state index is -4.24. The van der Waals surface area contributed by atoms with E-state index >= 15 is 0 Å². The molecule has 0 aromatic carbocycles. The maximum Gasteiger partial charge on any atom is 0.389 e. The Hall–Kier alpha value is -0.820. The van der Waals surface area contributed by atoms with E-state index in [0.29, 0.717) is 19.1 Å². The van der Waals surface area contributed by atoms with Crippen LogP contribution in [0.2, 0.25) is 0 Å². The molecule has 0 aromatic rings. The first-order valence-electron chi connectivity index (χ1n) is 6.75. The third kappa shape index (κ3) is 4.35. The van der Waals surface area contributed by atoms with E-state index in [1.807, 2.05) is 0 Å². The molecule has 2 aliphatic heterocycles. The summed E-state index contributed by atoms with van der Waals surface area (Å²) in [4.78, 5) is 15.6. The van der Waals surface area contributed by atoms with Gasteiger partial charge < -0.3 is 10.2 Å². The zero-order valence-corrected chi connectivity index (χ0v) is 10.9. The molecule has 0 saturated carbocycles. The van der Waals surface area contributed by atoms with Gasteiger partial charge in [0.1, 0.15) is 0 Å². The molecule has 1 unspecified atom stereocenters. The zero-order chi connectivity index (χ0) is 13.9. The molecule has 0 aliphatic carbocycles. The van der Waals surface area contributed by atoms with Crippen molar-refractivity contribution in [3.8, 4) is 0 Å². The summed E-state index contributed by atoms with van der Waals surface area (Å²) in [6.07, 6.45) is -4.57. The maximum atomic E-state index is 12.1. The lowest BCUT2D eigenvalue weighted by molar-refractivity contribution is -0.150. The lowest BCUT2D eigenvalue weighted by Crippen LogP contribution is -2.52. The lowest BCUT2D eigenvalue weighted by atomic mass is 10.1. The van der Waals surface area contributed by atoms with Gasteiger partial charge in [-0.1, -0.05) is 0 Å². The molecule has 2 aliphatic rings. The van der Waals surface area contributed by atoms with Crippen LogP contribution in [0.5, 0.6) is 0 Å². The van der Waals surface area contributed by atoms with Crippen molar-refractivity contribution in [3.63, 3.8) is 0 Å². The molecule has 1 amide bonds. The number of piperazine rings is 1. The molecule has 110 valence electrons. The number of rotatable bonds is 3. The van der Waals surface area contributed by atoms with Crippen molar-refractivity contribution in [1.29, 1.82) is 0 Å². The molecule has 0 radical (unpaired) electrons. The van der Waals surface area contributed by atoms with Crippen LogP contribution in [0, 0.1) is 0 Å². The van der Waals surface area contributed by atoms with Gasteiger partial charge in [-0.2, -0.15) is 13.2 Å². The van der Waals surface area contributed by atoms with Gasteiger partial charge in [0, 0.05) is 45.2 Å². The second kappa shape index (κ2) is 6.09. The number of hydrogen-bond donors (Lipinski definition) is 1.